The van der Waals surface area contributed by atoms with Crippen molar-refractivity contribution >= 4 is 16.9 Å². The molecule has 0 radical (unpaired) electrons. The lowest BCUT2D eigenvalue weighted by Crippen LogP contribution is -2.48. The van der Waals surface area contributed by atoms with Crippen LogP contribution in [0.3, 0.4) is 0 Å². The molecule has 2 aliphatic rings. The Kier molecular flexibility index (Phi) is 4.29. The summed E-state index contributed by atoms with van der Waals surface area (Å²) in [4.78, 5) is 35.8. The predicted molar refractivity (Wildman–Crippen MR) is 96.3 cm³/mol. The molecule has 2 aromatic rings. The maximum absolute atomic E-state index is 12.1. The molecule has 1 aromatic carbocycles. The number of hydrogen-bond donors (Lipinski definition) is 1. The Morgan fingerprint density at radius 2 is 2.00 bits per heavy atom. The summed E-state index contributed by atoms with van der Waals surface area (Å²) in [5.74, 6) is 0.658. The van der Waals surface area contributed by atoms with Crippen LogP contribution in [0, 0.1) is 5.92 Å². The highest BCUT2D eigenvalue weighted by Crippen LogP contribution is 2.31. The third-order valence-corrected chi connectivity index (χ3v) is 5.18. The molecule has 1 saturated heterocycles. The van der Waals surface area contributed by atoms with Gasteiger partial charge >= 0.3 is 0 Å². The van der Waals surface area contributed by atoms with E-state index in [1.807, 2.05) is 24.0 Å². The molecule has 25 heavy (non-hydrogen) atoms. The number of aromatic amines is 1. The van der Waals surface area contributed by atoms with Crippen LogP contribution in [0.25, 0.3) is 11.0 Å². The number of nitrogens with one attached hydrogen (secondary N) is 1. The average Bonchev–Trinajstić information content (AvgIpc) is 3.46. The van der Waals surface area contributed by atoms with Gasteiger partial charge in [0.25, 0.3) is 5.56 Å². The van der Waals surface area contributed by atoms with Gasteiger partial charge in [0.05, 0.1) is 11.0 Å². The molecule has 1 N–H and O–H groups in total. The maximum atomic E-state index is 12.1. The molecule has 1 amide bonds. The second kappa shape index (κ2) is 6.59. The van der Waals surface area contributed by atoms with Crippen molar-refractivity contribution in [2.45, 2.75) is 32.7 Å². The molecule has 1 saturated carbocycles. The first-order valence-electron chi connectivity index (χ1n) is 9.17. The number of nitrogens with zero attached hydrogens (tertiary/aromatic N) is 3. The Bertz CT molecular complexity index is 848. The van der Waals surface area contributed by atoms with E-state index in [0.717, 1.165) is 62.2 Å². The fourth-order valence-electron chi connectivity index (χ4n) is 3.48. The van der Waals surface area contributed by atoms with Crippen LogP contribution >= 0.6 is 0 Å². The third kappa shape index (κ3) is 3.44. The van der Waals surface area contributed by atoms with Crippen LogP contribution in [0.2, 0.25) is 0 Å². The van der Waals surface area contributed by atoms with Crippen molar-refractivity contribution in [3.05, 3.63) is 39.8 Å². The summed E-state index contributed by atoms with van der Waals surface area (Å²) in [6, 6.07) is 6.08. The van der Waals surface area contributed by atoms with Crippen molar-refractivity contribution in [3.63, 3.8) is 0 Å². The summed E-state index contributed by atoms with van der Waals surface area (Å²) >= 11 is 0. The number of carbonyl (C=O) groups excluding carboxylic acids is 1. The van der Waals surface area contributed by atoms with Gasteiger partial charge in [0.1, 0.15) is 5.69 Å². The number of carbonyl (C=O) groups is 1. The monoisotopic (exact) mass is 340 g/mol. The van der Waals surface area contributed by atoms with Crippen LogP contribution in [0.5, 0.6) is 0 Å². The van der Waals surface area contributed by atoms with E-state index in [1.54, 1.807) is 0 Å². The molecule has 2 heterocycles. The van der Waals surface area contributed by atoms with Crippen molar-refractivity contribution in [1.82, 2.24) is 19.8 Å². The molecule has 6 heteroatoms. The molecule has 0 unspecified atom stereocenters. The van der Waals surface area contributed by atoms with Gasteiger partial charge in [-0.15, -0.1) is 0 Å². The molecule has 0 spiro atoms. The van der Waals surface area contributed by atoms with E-state index in [1.165, 1.54) is 0 Å². The molecule has 1 aliphatic carbocycles. The maximum Gasteiger partial charge on any atom is 0.270 e. The summed E-state index contributed by atoms with van der Waals surface area (Å²) in [6.07, 6.45) is 2.78. The number of benzene rings is 1. The van der Waals surface area contributed by atoms with Gasteiger partial charge in [0.2, 0.25) is 5.91 Å². The zero-order valence-electron chi connectivity index (χ0n) is 14.6. The zero-order valence-corrected chi connectivity index (χ0v) is 14.6. The van der Waals surface area contributed by atoms with Crippen molar-refractivity contribution in [2.75, 3.05) is 26.2 Å². The van der Waals surface area contributed by atoms with E-state index in [-0.39, 0.29) is 5.56 Å². The van der Waals surface area contributed by atoms with Crippen LogP contribution in [-0.2, 0) is 17.8 Å². The van der Waals surface area contributed by atoms with Gasteiger partial charge in [-0.3, -0.25) is 14.5 Å². The summed E-state index contributed by atoms with van der Waals surface area (Å²) in [6.45, 7) is 6.22. The highest BCUT2D eigenvalue weighted by molar-refractivity contribution is 5.81. The number of aromatic nitrogens is 2. The summed E-state index contributed by atoms with van der Waals surface area (Å²) in [5.41, 5.74) is 3.27. The summed E-state index contributed by atoms with van der Waals surface area (Å²) in [7, 11) is 0. The molecule has 6 nitrogen and oxygen atoms in total. The van der Waals surface area contributed by atoms with Gasteiger partial charge < -0.3 is 9.88 Å². The van der Waals surface area contributed by atoms with E-state index >= 15 is 0 Å². The Morgan fingerprint density at radius 3 is 2.68 bits per heavy atom. The van der Waals surface area contributed by atoms with E-state index in [4.69, 9.17) is 0 Å². The molecule has 0 atom stereocenters. The van der Waals surface area contributed by atoms with Gasteiger partial charge in [0, 0.05) is 38.6 Å². The minimum atomic E-state index is -0.0978. The quantitative estimate of drug-likeness (QED) is 0.917. The van der Waals surface area contributed by atoms with Crippen LogP contribution in [-0.4, -0.2) is 51.9 Å². The van der Waals surface area contributed by atoms with Crippen LogP contribution in [0.1, 0.15) is 31.0 Å². The van der Waals surface area contributed by atoms with E-state index in [0.29, 0.717) is 23.9 Å². The lowest BCUT2D eigenvalue weighted by molar-refractivity contribution is -0.134. The topological polar surface area (TPSA) is 69.3 Å². The average molecular weight is 340 g/mol. The number of hydrogen-bond acceptors (Lipinski definition) is 4. The second-order valence-corrected chi connectivity index (χ2v) is 7.09. The molecule has 132 valence electrons. The number of rotatable bonds is 4. The molecule has 4 rings (SSSR count). The predicted octanol–water partition coefficient (Wildman–Crippen LogP) is 1.54. The van der Waals surface area contributed by atoms with Gasteiger partial charge in [-0.2, -0.15) is 0 Å². The lowest BCUT2D eigenvalue weighted by atomic mass is 10.1. The Balaban J connectivity index is 1.42. The SMILES string of the molecule is CCc1nc2ccc(CN3CCN(C(=O)C4CC4)CC3)cc2[nH]c1=O. The molecule has 0 bridgehead atoms. The van der Waals surface area contributed by atoms with E-state index in [2.05, 4.69) is 20.9 Å². The van der Waals surface area contributed by atoms with Crippen molar-refractivity contribution in [1.29, 1.82) is 0 Å². The fourth-order valence-corrected chi connectivity index (χ4v) is 3.48. The largest absolute Gasteiger partial charge is 0.340 e. The first-order chi connectivity index (χ1) is 12.1. The normalized spacial score (nSPS) is 18.7. The van der Waals surface area contributed by atoms with Gasteiger partial charge in [-0.1, -0.05) is 13.0 Å². The van der Waals surface area contributed by atoms with Gasteiger partial charge in [-0.05, 0) is 37.0 Å². The minimum absolute atomic E-state index is 0.0978. The van der Waals surface area contributed by atoms with Crippen LogP contribution in [0.4, 0.5) is 0 Å². The Hall–Kier alpha value is -2.21. The first kappa shape index (κ1) is 16.3. The highest BCUT2D eigenvalue weighted by Gasteiger charge is 2.34. The van der Waals surface area contributed by atoms with Crippen molar-refractivity contribution < 1.29 is 4.79 Å². The fraction of sp³-hybridized carbons (Fsp3) is 0.526. The standard InChI is InChI=1S/C19H24N4O2/c1-2-15-18(24)21-17-11-13(3-6-16(17)20-15)12-22-7-9-23(10-8-22)19(25)14-4-5-14/h3,6,11,14H,2,4-5,7-10,12H2,1H3,(H,21,24). The number of aryl methyl sites for hydroxylation is 1. The van der Waals surface area contributed by atoms with Gasteiger partial charge in [0.15, 0.2) is 0 Å². The molecule has 2 fully saturated rings. The smallest absolute Gasteiger partial charge is 0.270 e. The van der Waals surface area contributed by atoms with Crippen LogP contribution in [0.15, 0.2) is 23.0 Å². The second-order valence-electron chi connectivity index (χ2n) is 7.09. The minimum Gasteiger partial charge on any atom is -0.340 e. The number of amides is 1. The summed E-state index contributed by atoms with van der Waals surface area (Å²) in [5, 5.41) is 0. The first-order valence-corrected chi connectivity index (χ1v) is 9.17. The lowest BCUT2D eigenvalue weighted by Gasteiger charge is -2.35. The zero-order chi connectivity index (χ0) is 17.4. The number of piperazine rings is 1. The van der Waals surface area contributed by atoms with Gasteiger partial charge in [-0.25, -0.2) is 4.98 Å². The number of H-pyrrole nitrogens is 1. The van der Waals surface area contributed by atoms with E-state index in [9.17, 15) is 9.59 Å². The third-order valence-electron chi connectivity index (χ3n) is 5.18. The molecule has 1 aromatic heterocycles. The highest BCUT2D eigenvalue weighted by atomic mass is 16.2. The van der Waals surface area contributed by atoms with Crippen molar-refractivity contribution in [2.24, 2.45) is 5.92 Å². The Morgan fingerprint density at radius 1 is 1.24 bits per heavy atom. The molecular weight excluding hydrogens is 316 g/mol. The number of fused-ring (bicyclic) bond motifs is 1. The van der Waals surface area contributed by atoms with Crippen molar-refractivity contribution in [3.8, 4) is 0 Å². The Labute approximate surface area is 146 Å². The molecular formula is C19H24N4O2. The van der Waals surface area contributed by atoms with Crippen LogP contribution < -0.4 is 5.56 Å². The van der Waals surface area contributed by atoms with E-state index < -0.39 is 0 Å². The molecule has 1 aliphatic heterocycles. The summed E-state index contributed by atoms with van der Waals surface area (Å²) < 4.78 is 0.